The van der Waals surface area contributed by atoms with Crippen molar-refractivity contribution in [2.45, 2.75) is 71.0 Å². The Kier molecular flexibility index (Phi) is 7.94. The van der Waals surface area contributed by atoms with Gasteiger partial charge < -0.3 is 9.47 Å². The van der Waals surface area contributed by atoms with Gasteiger partial charge in [0.1, 0.15) is 0 Å². The second kappa shape index (κ2) is 9.17. The van der Waals surface area contributed by atoms with Crippen LogP contribution in [-0.4, -0.2) is 19.5 Å². The summed E-state index contributed by atoms with van der Waals surface area (Å²) >= 11 is 0. The summed E-state index contributed by atoms with van der Waals surface area (Å²) < 4.78 is 11.0. The maximum absolute atomic E-state index is 5.50. The van der Waals surface area contributed by atoms with Gasteiger partial charge in [0, 0.05) is 0 Å². The summed E-state index contributed by atoms with van der Waals surface area (Å²) in [4.78, 5) is 0. The quantitative estimate of drug-likeness (QED) is 0.571. The molecule has 1 heterocycles. The van der Waals surface area contributed by atoms with E-state index in [-0.39, 0.29) is 6.29 Å². The van der Waals surface area contributed by atoms with Crippen molar-refractivity contribution >= 4 is 0 Å². The zero-order chi connectivity index (χ0) is 10.8. The van der Waals surface area contributed by atoms with Crippen LogP contribution in [-0.2, 0) is 9.47 Å². The van der Waals surface area contributed by atoms with Crippen LogP contribution in [0.5, 0.6) is 0 Å². The first-order chi connectivity index (χ1) is 7.43. The van der Waals surface area contributed by atoms with E-state index in [9.17, 15) is 0 Å². The number of unbranched alkanes of at least 4 members (excludes halogenated alkanes) is 6. The van der Waals surface area contributed by atoms with Crippen LogP contribution in [0.1, 0.15) is 64.7 Å². The summed E-state index contributed by atoms with van der Waals surface area (Å²) in [6.07, 6.45) is 11.8. The van der Waals surface area contributed by atoms with Crippen molar-refractivity contribution in [3.8, 4) is 0 Å². The van der Waals surface area contributed by atoms with E-state index in [0.717, 1.165) is 26.1 Å². The molecule has 0 atom stereocenters. The lowest BCUT2D eigenvalue weighted by Gasteiger charge is -2.22. The summed E-state index contributed by atoms with van der Waals surface area (Å²) in [5.74, 6) is 0. The third-order valence-corrected chi connectivity index (χ3v) is 2.94. The Morgan fingerprint density at radius 3 is 2.13 bits per heavy atom. The Hall–Kier alpha value is -0.0800. The highest BCUT2D eigenvalue weighted by atomic mass is 16.7. The van der Waals surface area contributed by atoms with Gasteiger partial charge in [0.2, 0.25) is 0 Å². The first kappa shape index (κ1) is 13.0. The topological polar surface area (TPSA) is 18.5 Å². The molecule has 0 aromatic rings. The van der Waals surface area contributed by atoms with Crippen molar-refractivity contribution < 1.29 is 9.47 Å². The fraction of sp³-hybridized carbons (Fsp3) is 1.00. The lowest BCUT2D eigenvalue weighted by Crippen LogP contribution is -2.24. The number of hydrogen-bond acceptors (Lipinski definition) is 2. The maximum atomic E-state index is 5.50. The molecule has 0 amide bonds. The van der Waals surface area contributed by atoms with E-state index >= 15 is 0 Å². The van der Waals surface area contributed by atoms with E-state index in [2.05, 4.69) is 6.92 Å². The molecule has 1 aliphatic rings. The van der Waals surface area contributed by atoms with E-state index in [1.807, 2.05) is 0 Å². The smallest absolute Gasteiger partial charge is 0.157 e. The van der Waals surface area contributed by atoms with E-state index in [0.29, 0.717) is 0 Å². The van der Waals surface area contributed by atoms with Gasteiger partial charge in [0.25, 0.3) is 0 Å². The second-order valence-electron chi connectivity index (χ2n) is 4.43. The van der Waals surface area contributed by atoms with Gasteiger partial charge in [0.05, 0.1) is 13.2 Å². The van der Waals surface area contributed by atoms with Gasteiger partial charge in [-0.1, -0.05) is 45.4 Å². The number of hydrogen-bond donors (Lipinski definition) is 0. The maximum Gasteiger partial charge on any atom is 0.157 e. The first-order valence-corrected chi connectivity index (χ1v) is 6.66. The molecule has 0 N–H and O–H groups in total. The largest absolute Gasteiger partial charge is 0.353 e. The zero-order valence-corrected chi connectivity index (χ0v) is 10.2. The molecule has 1 fully saturated rings. The van der Waals surface area contributed by atoms with Crippen LogP contribution in [0.15, 0.2) is 0 Å². The summed E-state index contributed by atoms with van der Waals surface area (Å²) in [5.41, 5.74) is 0. The molecule has 0 aromatic heterocycles. The Labute approximate surface area is 94.3 Å². The highest BCUT2D eigenvalue weighted by Crippen LogP contribution is 2.14. The van der Waals surface area contributed by atoms with Crippen LogP contribution < -0.4 is 0 Å². The second-order valence-corrected chi connectivity index (χ2v) is 4.43. The van der Waals surface area contributed by atoms with Crippen LogP contribution in [0.2, 0.25) is 0 Å². The SMILES string of the molecule is CCCCCCCCCC1OCCCO1. The van der Waals surface area contributed by atoms with Gasteiger partial charge in [0.15, 0.2) is 6.29 Å². The van der Waals surface area contributed by atoms with Crippen molar-refractivity contribution in [2.75, 3.05) is 13.2 Å². The highest BCUT2D eigenvalue weighted by Gasteiger charge is 2.12. The molecule has 1 rings (SSSR count). The van der Waals surface area contributed by atoms with E-state index in [1.54, 1.807) is 0 Å². The van der Waals surface area contributed by atoms with Crippen LogP contribution in [0.3, 0.4) is 0 Å². The fourth-order valence-corrected chi connectivity index (χ4v) is 1.97. The molecule has 0 bridgehead atoms. The highest BCUT2D eigenvalue weighted by molar-refractivity contribution is 4.53. The molecule has 0 radical (unpaired) electrons. The minimum atomic E-state index is 0.106. The van der Waals surface area contributed by atoms with Gasteiger partial charge in [-0.2, -0.15) is 0 Å². The monoisotopic (exact) mass is 214 g/mol. The molecule has 0 unspecified atom stereocenters. The standard InChI is InChI=1S/C13H26O2/c1-2-3-4-5-6-7-8-10-13-14-11-9-12-15-13/h13H,2-12H2,1H3. The Balaban J connectivity index is 1.79. The molecule has 0 spiro atoms. The lowest BCUT2D eigenvalue weighted by atomic mass is 10.1. The molecule has 15 heavy (non-hydrogen) atoms. The number of rotatable bonds is 8. The van der Waals surface area contributed by atoms with Gasteiger partial charge in [-0.05, 0) is 19.3 Å². The average molecular weight is 214 g/mol. The van der Waals surface area contributed by atoms with Crippen LogP contribution >= 0.6 is 0 Å². The molecule has 0 saturated carbocycles. The molecule has 0 aromatic carbocycles. The van der Waals surface area contributed by atoms with Crippen LogP contribution in [0.25, 0.3) is 0 Å². The third kappa shape index (κ3) is 6.91. The van der Waals surface area contributed by atoms with Crippen molar-refractivity contribution in [1.82, 2.24) is 0 Å². The molecular formula is C13H26O2. The zero-order valence-electron chi connectivity index (χ0n) is 10.2. The molecule has 2 nitrogen and oxygen atoms in total. The minimum Gasteiger partial charge on any atom is -0.353 e. The van der Waals surface area contributed by atoms with Crippen molar-refractivity contribution in [2.24, 2.45) is 0 Å². The van der Waals surface area contributed by atoms with Crippen molar-refractivity contribution in [3.05, 3.63) is 0 Å². The molecule has 0 aliphatic carbocycles. The Morgan fingerprint density at radius 1 is 0.867 bits per heavy atom. The summed E-state index contributed by atoms with van der Waals surface area (Å²) in [6.45, 7) is 4.04. The van der Waals surface area contributed by atoms with E-state index < -0.39 is 0 Å². The predicted octanol–water partition coefficient (Wildman–Crippen LogP) is 3.89. The average Bonchev–Trinajstić information content (AvgIpc) is 2.29. The van der Waals surface area contributed by atoms with Crippen LogP contribution in [0, 0.1) is 0 Å². The minimum absolute atomic E-state index is 0.106. The molecule has 1 aliphatic heterocycles. The van der Waals surface area contributed by atoms with Crippen LogP contribution in [0.4, 0.5) is 0 Å². The van der Waals surface area contributed by atoms with Gasteiger partial charge >= 0.3 is 0 Å². The summed E-state index contributed by atoms with van der Waals surface area (Å²) in [5, 5.41) is 0. The van der Waals surface area contributed by atoms with Gasteiger partial charge in [-0.25, -0.2) is 0 Å². The Bertz CT molecular complexity index is 130. The normalized spacial score (nSPS) is 18.2. The van der Waals surface area contributed by atoms with E-state index in [1.165, 1.54) is 44.9 Å². The molecular weight excluding hydrogens is 188 g/mol. The van der Waals surface area contributed by atoms with Gasteiger partial charge in [-0.3, -0.25) is 0 Å². The van der Waals surface area contributed by atoms with E-state index in [4.69, 9.17) is 9.47 Å². The molecule has 2 heteroatoms. The number of ether oxygens (including phenoxy) is 2. The predicted molar refractivity (Wildman–Crippen MR) is 62.9 cm³/mol. The molecule has 90 valence electrons. The van der Waals surface area contributed by atoms with Gasteiger partial charge in [-0.15, -0.1) is 0 Å². The summed E-state index contributed by atoms with van der Waals surface area (Å²) in [6, 6.07) is 0. The fourth-order valence-electron chi connectivity index (χ4n) is 1.97. The first-order valence-electron chi connectivity index (χ1n) is 6.66. The lowest BCUT2D eigenvalue weighted by molar-refractivity contribution is -0.181. The summed E-state index contributed by atoms with van der Waals surface area (Å²) in [7, 11) is 0. The van der Waals surface area contributed by atoms with Crippen molar-refractivity contribution in [1.29, 1.82) is 0 Å². The van der Waals surface area contributed by atoms with Crippen molar-refractivity contribution in [3.63, 3.8) is 0 Å². The third-order valence-electron chi connectivity index (χ3n) is 2.94. The molecule has 1 saturated heterocycles. The Morgan fingerprint density at radius 2 is 1.47 bits per heavy atom.